The fraction of sp³-hybridized carbons (Fsp3) is 0.0833. The molecule has 146 valence electrons. The van der Waals surface area contributed by atoms with Gasteiger partial charge in [-0.2, -0.15) is 0 Å². The molecule has 5 rings (SSSR count). The van der Waals surface area contributed by atoms with Crippen LogP contribution < -0.4 is 4.74 Å². The maximum absolute atomic E-state index is 6.12. The van der Waals surface area contributed by atoms with Gasteiger partial charge in [-0.25, -0.2) is 4.98 Å². The molecule has 0 saturated heterocycles. The molecule has 0 atom stereocenters. The largest absolute Gasteiger partial charge is 0.438 e. The molecule has 0 saturated carbocycles. The molecule has 0 bridgehead atoms. The lowest BCUT2D eigenvalue weighted by atomic mass is 10.1. The van der Waals surface area contributed by atoms with E-state index in [1.54, 1.807) is 12.4 Å². The number of pyridine rings is 2. The van der Waals surface area contributed by atoms with Gasteiger partial charge in [-0.3, -0.25) is 4.98 Å². The number of hydrogen-bond donors (Lipinski definition) is 0. The van der Waals surface area contributed by atoms with Crippen LogP contribution in [0, 0.1) is 13.8 Å². The minimum absolute atomic E-state index is 0.347. The van der Waals surface area contributed by atoms with Gasteiger partial charge >= 0.3 is 0 Å². The Morgan fingerprint density at radius 2 is 1.50 bits per heavy atom. The first-order valence-electron chi connectivity index (χ1n) is 9.56. The molecule has 0 amide bonds. The molecule has 0 aliphatic heterocycles. The molecule has 5 aromatic rings. The van der Waals surface area contributed by atoms with E-state index in [2.05, 4.69) is 21.2 Å². The molecular formula is C24H18N4O2. The van der Waals surface area contributed by atoms with E-state index in [9.17, 15) is 0 Å². The molecule has 3 aromatic heterocycles. The molecule has 30 heavy (non-hydrogen) atoms. The summed E-state index contributed by atoms with van der Waals surface area (Å²) in [5, 5.41) is 9.42. The first kappa shape index (κ1) is 18.0. The number of aromatic nitrogens is 4. The number of fused-ring (bicyclic) bond motifs is 1. The number of benzene rings is 2. The highest BCUT2D eigenvalue weighted by Gasteiger charge is 2.18. The van der Waals surface area contributed by atoms with Gasteiger partial charge in [-0.05, 0) is 56.3 Å². The summed E-state index contributed by atoms with van der Waals surface area (Å²) >= 11 is 0. The van der Waals surface area contributed by atoms with E-state index in [1.807, 2.05) is 68.4 Å². The fourth-order valence-corrected chi connectivity index (χ4v) is 3.17. The van der Waals surface area contributed by atoms with Gasteiger partial charge < -0.3 is 9.15 Å². The number of aryl methyl sites for hydroxylation is 2. The van der Waals surface area contributed by atoms with Crippen molar-refractivity contribution in [2.24, 2.45) is 0 Å². The third-order valence-electron chi connectivity index (χ3n) is 4.75. The second kappa shape index (κ2) is 7.40. The van der Waals surface area contributed by atoms with E-state index in [0.717, 1.165) is 27.6 Å². The van der Waals surface area contributed by atoms with E-state index >= 15 is 0 Å². The van der Waals surface area contributed by atoms with Crippen LogP contribution in [0.2, 0.25) is 0 Å². The summed E-state index contributed by atoms with van der Waals surface area (Å²) in [6.07, 6.45) is 3.37. The Morgan fingerprint density at radius 1 is 0.767 bits per heavy atom. The van der Waals surface area contributed by atoms with E-state index < -0.39 is 0 Å². The van der Waals surface area contributed by atoms with E-state index in [-0.39, 0.29) is 0 Å². The number of ether oxygens (including phenoxy) is 1. The van der Waals surface area contributed by atoms with Crippen LogP contribution in [0.3, 0.4) is 0 Å². The molecule has 0 unspecified atom stereocenters. The summed E-state index contributed by atoms with van der Waals surface area (Å²) in [6.45, 7) is 4.08. The van der Waals surface area contributed by atoms with E-state index in [4.69, 9.17) is 14.1 Å². The average molecular weight is 394 g/mol. The summed E-state index contributed by atoms with van der Waals surface area (Å²) in [7, 11) is 0. The Balaban J connectivity index is 1.63. The zero-order valence-electron chi connectivity index (χ0n) is 16.5. The quantitative estimate of drug-likeness (QED) is 0.386. The van der Waals surface area contributed by atoms with Gasteiger partial charge in [-0.1, -0.05) is 29.3 Å². The molecule has 0 fully saturated rings. The third kappa shape index (κ3) is 3.51. The van der Waals surface area contributed by atoms with Crippen LogP contribution in [0.1, 0.15) is 11.1 Å². The predicted octanol–water partition coefficient (Wildman–Crippen LogP) is 5.76. The van der Waals surface area contributed by atoms with Crippen LogP contribution in [0.5, 0.6) is 11.6 Å². The molecule has 6 heteroatoms. The lowest BCUT2D eigenvalue weighted by Crippen LogP contribution is -1.94. The second-order valence-electron chi connectivity index (χ2n) is 7.10. The highest BCUT2D eigenvalue weighted by molar-refractivity contribution is 5.85. The van der Waals surface area contributed by atoms with Crippen LogP contribution in [-0.4, -0.2) is 20.2 Å². The third-order valence-corrected chi connectivity index (χ3v) is 4.75. The molecule has 0 aliphatic carbocycles. The molecule has 3 heterocycles. The van der Waals surface area contributed by atoms with E-state index in [1.165, 1.54) is 0 Å². The predicted molar refractivity (Wildman–Crippen MR) is 114 cm³/mol. The Hall–Kier alpha value is -4.06. The maximum Gasteiger partial charge on any atom is 0.253 e. The van der Waals surface area contributed by atoms with Gasteiger partial charge in [0.25, 0.3) is 5.89 Å². The van der Waals surface area contributed by atoms with Gasteiger partial charge in [0.2, 0.25) is 11.8 Å². The maximum atomic E-state index is 6.12. The molecular weight excluding hydrogens is 376 g/mol. The molecule has 0 aliphatic rings. The first-order chi connectivity index (χ1) is 14.7. The van der Waals surface area contributed by atoms with Crippen molar-refractivity contribution in [2.45, 2.75) is 13.8 Å². The van der Waals surface area contributed by atoms with Gasteiger partial charge in [0, 0.05) is 23.3 Å². The van der Waals surface area contributed by atoms with Crippen molar-refractivity contribution < 1.29 is 9.15 Å². The lowest BCUT2D eigenvalue weighted by molar-refractivity contribution is 0.463. The minimum Gasteiger partial charge on any atom is -0.438 e. The van der Waals surface area contributed by atoms with Crippen LogP contribution in [-0.2, 0) is 0 Å². The fourth-order valence-electron chi connectivity index (χ4n) is 3.17. The van der Waals surface area contributed by atoms with Crippen molar-refractivity contribution in [3.8, 4) is 34.5 Å². The number of rotatable bonds is 4. The van der Waals surface area contributed by atoms with Gasteiger partial charge in [-0.15, -0.1) is 10.2 Å². The zero-order valence-corrected chi connectivity index (χ0v) is 16.5. The first-order valence-corrected chi connectivity index (χ1v) is 9.56. The molecule has 0 radical (unpaired) electrons. The van der Waals surface area contributed by atoms with Crippen molar-refractivity contribution in [1.29, 1.82) is 0 Å². The summed E-state index contributed by atoms with van der Waals surface area (Å²) in [5.41, 5.74) is 4.57. The Kier molecular flexibility index (Phi) is 4.44. The highest BCUT2D eigenvalue weighted by Crippen LogP contribution is 2.35. The monoisotopic (exact) mass is 394 g/mol. The van der Waals surface area contributed by atoms with Crippen molar-refractivity contribution >= 4 is 10.9 Å². The van der Waals surface area contributed by atoms with Gasteiger partial charge in [0.15, 0.2) is 0 Å². The standard InChI is InChI=1S/C24H18N4O2/c1-15-3-6-19(7-4-15)29-23-20(14-18-13-16(2)5-8-21(18)26-23)24-28-27-22(30-24)17-9-11-25-12-10-17/h3-14H,1-2H3. The summed E-state index contributed by atoms with van der Waals surface area (Å²) < 4.78 is 12.1. The lowest BCUT2D eigenvalue weighted by Gasteiger charge is -2.10. The Morgan fingerprint density at radius 3 is 2.30 bits per heavy atom. The molecule has 2 aromatic carbocycles. The van der Waals surface area contributed by atoms with Crippen LogP contribution >= 0.6 is 0 Å². The molecule has 0 spiro atoms. The zero-order chi connectivity index (χ0) is 20.5. The smallest absolute Gasteiger partial charge is 0.253 e. The number of hydrogen-bond acceptors (Lipinski definition) is 6. The highest BCUT2D eigenvalue weighted by atomic mass is 16.5. The van der Waals surface area contributed by atoms with Crippen LogP contribution in [0.25, 0.3) is 33.8 Å². The Bertz CT molecular complexity index is 1330. The van der Waals surface area contributed by atoms with Crippen molar-refractivity contribution in [1.82, 2.24) is 20.2 Å². The van der Waals surface area contributed by atoms with E-state index in [0.29, 0.717) is 29.0 Å². The summed E-state index contributed by atoms with van der Waals surface area (Å²) in [5.74, 6) is 1.87. The van der Waals surface area contributed by atoms with Crippen molar-refractivity contribution in [3.63, 3.8) is 0 Å². The van der Waals surface area contributed by atoms with Crippen LogP contribution in [0.4, 0.5) is 0 Å². The topological polar surface area (TPSA) is 73.9 Å². The minimum atomic E-state index is 0.347. The van der Waals surface area contributed by atoms with Gasteiger partial charge in [0.05, 0.1) is 5.52 Å². The SMILES string of the molecule is Cc1ccc(Oc2nc3ccc(C)cc3cc2-c2nnc(-c3ccncc3)o2)cc1. The normalized spacial score (nSPS) is 11.0. The Labute approximate surface area is 173 Å². The van der Waals surface area contributed by atoms with Crippen molar-refractivity contribution in [2.75, 3.05) is 0 Å². The van der Waals surface area contributed by atoms with Crippen molar-refractivity contribution in [3.05, 3.63) is 84.2 Å². The number of nitrogens with zero attached hydrogens (tertiary/aromatic N) is 4. The second-order valence-corrected chi connectivity index (χ2v) is 7.10. The van der Waals surface area contributed by atoms with Crippen LogP contribution in [0.15, 0.2) is 77.5 Å². The molecule has 0 N–H and O–H groups in total. The summed E-state index contributed by atoms with van der Waals surface area (Å²) in [6, 6.07) is 19.5. The van der Waals surface area contributed by atoms with Gasteiger partial charge in [0.1, 0.15) is 11.3 Å². The summed E-state index contributed by atoms with van der Waals surface area (Å²) in [4.78, 5) is 8.76. The average Bonchev–Trinajstić information content (AvgIpc) is 3.26. The molecule has 6 nitrogen and oxygen atoms in total.